The van der Waals surface area contributed by atoms with Crippen molar-refractivity contribution in [3.8, 4) is 0 Å². The topological polar surface area (TPSA) is 69.2 Å². The monoisotopic (exact) mass is 183 g/mol. The summed E-state index contributed by atoms with van der Waals surface area (Å²) < 4.78 is 32.6. The SMILES string of the molecule is O=S(=O)([O-])NC1CC=CCC1.[Li+]. The van der Waals surface area contributed by atoms with Gasteiger partial charge in [-0.25, -0.2) is 13.1 Å². The fraction of sp³-hybridized carbons (Fsp3) is 0.667. The first-order valence-corrected chi connectivity index (χ1v) is 4.87. The molecule has 12 heavy (non-hydrogen) atoms. The van der Waals surface area contributed by atoms with Gasteiger partial charge in [0.25, 0.3) is 0 Å². The van der Waals surface area contributed by atoms with Crippen LogP contribution < -0.4 is 23.6 Å². The van der Waals surface area contributed by atoms with Gasteiger partial charge >= 0.3 is 18.9 Å². The zero-order chi connectivity index (χ0) is 8.32. The molecule has 0 bridgehead atoms. The van der Waals surface area contributed by atoms with E-state index in [9.17, 15) is 13.0 Å². The molecule has 0 aromatic rings. The molecule has 0 amide bonds. The molecule has 0 heterocycles. The summed E-state index contributed by atoms with van der Waals surface area (Å²) in [7, 11) is -4.26. The van der Waals surface area contributed by atoms with Crippen LogP contribution >= 0.6 is 0 Å². The van der Waals surface area contributed by atoms with Gasteiger partial charge in [0.15, 0.2) is 10.3 Å². The van der Waals surface area contributed by atoms with Gasteiger partial charge in [0, 0.05) is 6.04 Å². The van der Waals surface area contributed by atoms with E-state index in [1.54, 1.807) is 0 Å². The summed E-state index contributed by atoms with van der Waals surface area (Å²) in [5, 5.41) is 0. The van der Waals surface area contributed by atoms with E-state index in [1.165, 1.54) is 0 Å². The number of rotatable bonds is 2. The van der Waals surface area contributed by atoms with E-state index < -0.39 is 10.3 Å². The predicted molar refractivity (Wildman–Crippen MR) is 39.6 cm³/mol. The Morgan fingerprint density at radius 2 is 2.08 bits per heavy atom. The van der Waals surface area contributed by atoms with E-state index in [2.05, 4.69) is 0 Å². The molecule has 1 aliphatic carbocycles. The van der Waals surface area contributed by atoms with Crippen molar-refractivity contribution in [2.24, 2.45) is 0 Å². The molecule has 1 rings (SSSR count). The second-order valence-electron chi connectivity index (χ2n) is 2.55. The fourth-order valence-electron chi connectivity index (χ4n) is 1.10. The maximum absolute atomic E-state index is 10.2. The first kappa shape index (κ1) is 12.2. The van der Waals surface area contributed by atoms with Crippen molar-refractivity contribution in [1.29, 1.82) is 0 Å². The molecule has 1 unspecified atom stereocenters. The summed E-state index contributed by atoms with van der Waals surface area (Å²) in [5.74, 6) is 0. The molecule has 0 aromatic heterocycles. The predicted octanol–water partition coefficient (Wildman–Crippen LogP) is -2.85. The Labute approximate surface area is 84.5 Å². The molecule has 0 spiro atoms. The van der Waals surface area contributed by atoms with Crippen molar-refractivity contribution in [3.05, 3.63) is 12.2 Å². The molecule has 0 radical (unpaired) electrons. The Hall–Kier alpha value is 0.207. The second-order valence-corrected chi connectivity index (χ2v) is 3.70. The third-order valence-corrected chi connectivity index (χ3v) is 2.20. The zero-order valence-electron chi connectivity index (χ0n) is 6.99. The van der Waals surface area contributed by atoms with Crippen LogP contribution in [0, 0.1) is 0 Å². The molecule has 0 saturated heterocycles. The number of allylic oxidation sites excluding steroid dienone is 1. The third kappa shape index (κ3) is 4.96. The summed E-state index contributed by atoms with van der Waals surface area (Å²) in [4.78, 5) is 0. The van der Waals surface area contributed by atoms with E-state index in [1.807, 2.05) is 16.9 Å². The standard InChI is InChI=1S/C6H11NO3S.Li/c8-11(9,10)7-6-4-2-1-3-5-6;/h1-2,6-7H,3-5H2,(H,8,9,10);/q;+1/p-1. The van der Waals surface area contributed by atoms with E-state index >= 15 is 0 Å². The fourth-order valence-corrected chi connectivity index (χ4v) is 1.73. The van der Waals surface area contributed by atoms with Crippen LogP contribution in [0.3, 0.4) is 0 Å². The number of nitrogens with one attached hydrogen (secondary N) is 1. The summed E-state index contributed by atoms with van der Waals surface area (Å²) in [6, 6.07) is -0.192. The average molecular weight is 183 g/mol. The summed E-state index contributed by atoms with van der Waals surface area (Å²) in [6.07, 6.45) is 6.05. The maximum Gasteiger partial charge on any atom is 1.00 e. The van der Waals surface area contributed by atoms with Gasteiger partial charge in [-0.05, 0) is 19.3 Å². The first-order chi connectivity index (χ1) is 5.08. The quantitative estimate of drug-likeness (QED) is 0.284. The van der Waals surface area contributed by atoms with Gasteiger partial charge in [-0.3, -0.25) is 0 Å². The van der Waals surface area contributed by atoms with Crippen LogP contribution in [0.25, 0.3) is 0 Å². The molecule has 0 fully saturated rings. The molecule has 6 heteroatoms. The molecule has 64 valence electrons. The summed E-state index contributed by atoms with van der Waals surface area (Å²) in [6.45, 7) is 0. The van der Waals surface area contributed by atoms with Crippen LogP contribution in [-0.4, -0.2) is 19.0 Å². The summed E-state index contributed by atoms with van der Waals surface area (Å²) in [5.41, 5.74) is 0. The molecular weight excluding hydrogens is 173 g/mol. The van der Waals surface area contributed by atoms with Gasteiger partial charge in [0.1, 0.15) is 0 Å². The van der Waals surface area contributed by atoms with Gasteiger partial charge in [-0.1, -0.05) is 12.2 Å². The molecule has 0 aliphatic heterocycles. The number of hydrogen-bond acceptors (Lipinski definition) is 3. The van der Waals surface area contributed by atoms with Crippen LogP contribution in [0.1, 0.15) is 19.3 Å². The van der Waals surface area contributed by atoms with E-state index in [4.69, 9.17) is 0 Å². The molecule has 1 N–H and O–H groups in total. The van der Waals surface area contributed by atoms with E-state index in [-0.39, 0.29) is 24.9 Å². The van der Waals surface area contributed by atoms with Crippen molar-refractivity contribution in [2.45, 2.75) is 25.3 Å². The van der Waals surface area contributed by atoms with Gasteiger partial charge in [0.2, 0.25) is 0 Å². The minimum absolute atomic E-state index is 0. The second kappa shape index (κ2) is 5.05. The molecule has 4 nitrogen and oxygen atoms in total. The maximum atomic E-state index is 10.2. The Morgan fingerprint density at radius 3 is 2.50 bits per heavy atom. The number of hydrogen-bond donors (Lipinski definition) is 1. The zero-order valence-corrected chi connectivity index (χ0v) is 7.80. The van der Waals surface area contributed by atoms with Gasteiger partial charge in [-0.15, -0.1) is 0 Å². The summed E-state index contributed by atoms with van der Waals surface area (Å²) >= 11 is 0. The molecule has 1 aliphatic rings. The molecule has 0 saturated carbocycles. The van der Waals surface area contributed by atoms with Crippen molar-refractivity contribution in [1.82, 2.24) is 4.72 Å². The largest absolute Gasteiger partial charge is 1.00 e. The minimum Gasteiger partial charge on any atom is -0.735 e. The average Bonchev–Trinajstić information content (AvgIpc) is 1.85. The van der Waals surface area contributed by atoms with Crippen molar-refractivity contribution >= 4 is 10.3 Å². The van der Waals surface area contributed by atoms with Crippen LogP contribution in [0.2, 0.25) is 0 Å². The van der Waals surface area contributed by atoms with Crippen LogP contribution in [-0.2, 0) is 10.3 Å². The third-order valence-electron chi connectivity index (χ3n) is 1.58. The van der Waals surface area contributed by atoms with Gasteiger partial charge in [-0.2, -0.15) is 0 Å². The Morgan fingerprint density at radius 1 is 1.42 bits per heavy atom. The van der Waals surface area contributed by atoms with Crippen LogP contribution in [0.4, 0.5) is 0 Å². The normalized spacial score (nSPS) is 23.2. The van der Waals surface area contributed by atoms with E-state index in [0.29, 0.717) is 6.42 Å². The molecular formula is C6H10LiNO3S. The van der Waals surface area contributed by atoms with E-state index in [0.717, 1.165) is 12.8 Å². The Kier molecular flexibility index (Phi) is 5.14. The molecule has 0 aromatic carbocycles. The Balaban J connectivity index is 0.00000121. The van der Waals surface area contributed by atoms with Gasteiger partial charge < -0.3 is 4.55 Å². The minimum atomic E-state index is -4.26. The molecule has 1 atom stereocenters. The van der Waals surface area contributed by atoms with Gasteiger partial charge in [0.05, 0.1) is 0 Å². The van der Waals surface area contributed by atoms with Crippen molar-refractivity contribution in [2.75, 3.05) is 0 Å². The van der Waals surface area contributed by atoms with Crippen LogP contribution in [0.5, 0.6) is 0 Å². The smallest absolute Gasteiger partial charge is 0.735 e. The van der Waals surface area contributed by atoms with Crippen molar-refractivity contribution in [3.63, 3.8) is 0 Å². The Bertz CT molecular complexity index is 250. The first-order valence-electron chi connectivity index (χ1n) is 3.46. The van der Waals surface area contributed by atoms with Crippen molar-refractivity contribution < 1.29 is 31.8 Å². The van der Waals surface area contributed by atoms with Crippen LogP contribution in [0.15, 0.2) is 12.2 Å².